The van der Waals surface area contributed by atoms with E-state index in [1.807, 2.05) is 51.1 Å². The monoisotopic (exact) mass is 548 g/mol. The van der Waals surface area contributed by atoms with Crippen LogP contribution < -0.4 is 10.3 Å². The number of halogens is 1. The lowest BCUT2D eigenvalue weighted by Crippen LogP contribution is -2.23. The summed E-state index contributed by atoms with van der Waals surface area (Å²) in [5, 5.41) is 16.6. The molecule has 0 N–H and O–H groups in total. The Morgan fingerprint density at radius 1 is 1.17 bits per heavy atom. The molecule has 3 aromatic carbocycles. The number of nitro benzene ring substituents is 1. The third-order valence-corrected chi connectivity index (χ3v) is 6.40. The number of aryl methyl sites for hydroxylation is 1. The predicted octanol–water partition coefficient (Wildman–Crippen LogP) is 6.35. The molecule has 0 fully saturated rings. The minimum Gasteiger partial charge on any atom is -0.482 e. The average Bonchev–Trinajstić information content (AvgIpc) is 2.87. The highest BCUT2D eigenvalue weighted by atomic mass is 79.9. The van der Waals surface area contributed by atoms with Gasteiger partial charge in [-0.2, -0.15) is 9.78 Å². The first kappa shape index (κ1) is 25.2. The summed E-state index contributed by atoms with van der Waals surface area (Å²) < 4.78 is 7.77. The maximum Gasteiger partial charge on any atom is 0.311 e. The maximum absolute atomic E-state index is 13.3. The molecule has 0 saturated carbocycles. The number of hydrogen-bond donors (Lipinski definition) is 0. The van der Waals surface area contributed by atoms with Gasteiger partial charge in [-0.1, -0.05) is 59.6 Å². The molecular weight excluding hydrogens is 524 g/mol. The van der Waals surface area contributed by atoms with Crippen molar-refractivity contribution in [3.8, 4) is 5.75 Å². The van der Waals surface area contributed by atoms with E-state index < -0.39 is 4.92 Å². The summed E-state index contributed by atoms with van der Waals surface area (Å²) in [6, 6.07) is 17.7. The van der Waals surface area contributed by atoms with Crippen LogP contribution in [0.3, 0.4) is 0 Å². The summed E-state index contributed by atoms with van der Waals surface area (Å²) in [6.45, 7) is 6.18. The quantitative estimate of drug-likeness (QED) is 0.145. The molecule has 184 valence electrons. The van der Waals surface area contributed by atoms with Gasteiger partial charge >= 0.3 is 5.69 Å². The van der Waals surface area contributed by atoms with Crippen LogP contribution in [0.4, 0.5) is 5.69 Å². The molecule has 0 aliphatic heterocycles. The molecule has 8 nitrogen and oxygen atoms in total. The third-order valence-electron chi connectivity index (χ3n) is 5.90. The lowest BCUT2D eigenvalue weighted by atomic mass is 10.1. The Morgan fingerprint density at radius 3 is 2.61 bits per heavy atom. The van der Waals surface area contributed by atoms with Gasteiger partial charge in [-0.05, 0) is 49.2 Å². The van der Waals surface area contributed by atoms with E-state index in [0.29, 0.717) is 22.3 Å². The molecule has 1 atom stereocenters. The molecule has 4 aromatic rings. The van der Waals surface area contributed by atoms with Crippen LogP contribution in [0.5, 0.6) is 5.75 Å². The second-order valence-electron chi connectivity index (χ2n) is 8.56. The second-order valence-corrected chi connectivity index (χ2v) is 9.48. The molecule has 0 spiro atoms. The fourth-order valence-electron chi connectivity index (χ4n) is 3.63. The first-order valence-corrected chi connectivity index (χ1v) is 12.3. The lowest BCUT2D eigenvalue weighted by molar-refractivity contribution is -0.385. The summed E-state index contributed by atoms with van der Waals surface area (Å²) in [7, 11) is 0. The molecule has 4 rings (SSSR count). The number of nitro groups is 1. The minimum absolute atomic E-state index is 0.0187. The topological polar surface area (TPSA) is 99.6 Å². The van der Waals surface area contributed by atoms with Gasteiger partial charge in [0.05, 0.1) is 22.0 Å². The van der Waals surface area contributed by atoms with Gasteiger partial charge in [0.1, 0.15) is 12.4 Å². The summed E-state index contributed by atoms with van der Waals surface area (Å²) in [4.78, 5) is 29.2. The van der Waals surface area contributed by atoms with E-state index in [1.54, 1.807) is 24.3 Å². The van der Waals surface area contributed by atoms with Gasteiger partial charge in [-0.25, -0.2) is 4.98 Å². The predicted molar refractivity (Wildman–Crippen MR) is 144 cm³/mol. The van der Waals surface area contributed by atoms with Crippen LogP contribution in [0.2, 0.25) is 0 Å². The van der Waals surface area contributed by atoms with E-state index in [-0.39, 0.29) is 29.5 Å². The molecule has 0 aliphatic carbocycles. The van der Waals surface area contributed by atoms with Crippen LogP contribution in [-0.2, 0) is 6.61 Å². The molecular formula is C27H25BrN4O4. The van der Waals surface area contributed by atoms with E-state index in [2.05, 4.69) is 26.0 Å². The Kier molecular flexibility index (Phi) is 7.59. The lowest BCUT2D eigenvalue weighted by Gasteiger charge is -2.14. The summed E-state index contributed by atoms with van der Waals surface area (Å²) in [6.07, 6.45) is 2.19. The van der Waals surface area contributed by atoms with Crippen LogP contribution in [0.1, 0.15) is 48.7 Å². The number of ether oxygens (including phenoxy) is 1. The van der Waals surface area contributed by atoms with Crippen LogP contribution >= 0.6 is 15.9 Å². The summed E-state index contributed by atoms with van der Waals surface area (Å²) in [5.74, 6) is 0.670. The van der Waals surface area contributed by atoms with Crippen LogP contribution in [0.15, 0.2) is 75.0 Å². The standard InChI is InChI=1S/C27H25BrN4O4/c1-4-18(3)26-30-23-11-10-21(28)14-22(23)27(33)31(26)29-15-20-9-12-25(24(13-20)32(34)35)36-16-19-7-5-17(2)6-8-19/h5-15,18H,4,16H2,1-3H3/t18-/m0/s1. The fourth-order valence-corrected chi connectivity index (χ4v) is 3.99. The highest BCUT2D eigenvalue weighted by Crippen LogP contribution is 2.28. The average molecular weight is 549 g/mol. The van der Waals surface area contributed by atoms with Crippen molar-refractivity contribution >= 4 is 38.7 Å². The molecule has 0 aliphatic rings. The van der Waals surface area contributed by atoms with Crippen molar-refractivity contribution < 1.29 is 9.66 Å². The zero-order valence-corrected chi connectivity index (χ0v) is 21.7. The Bertz CT molecular complexity index is 1510. The maximum atomic E-state index is 13.3. The number of aromatic nitrogens is 2. The number of nitrogens with zero attached hydrogens (tertiary/aromatic N) is 4. The van der Waals surface area contributed by atoms with Crippen molar-refractivity contribution in [1.82, 2.24) is 9.66 Å². The van der Waals surface area contributed by atoms with Crippen molar-refractivity contribution in [3.63, 3.8) is 0 Å². The smallest absolute Gasteiger partial charge is 0.311 e. The van der Waals surface area contributed by atoms with E-state index >= 15 is 0 Å². The molecule has 1 aromatic heterocycles. The second kappa shape index (κ2) is 10.8. The van der Waals surface area contributed by atoms with Crippen LogP contribution in [0, 0.1) is 17.0 Å². The van der Waals surface area contributed by atoms with Gasteiger partial charge in [0, 0.05) is 22.0 Å². The van der Waals surface area contributed by atoms with Gasteiger partial charge in [0.2, 0.25) is 0 Å². The summed E-state index contributed by atoms with van der Waals surface area (Å²) >= 11 is 3.40. The normalized spacial score (nSPS) is 12.2. The van der Waals surface area contributed by atoms with E-state index in [9.17, 15) is 14.9 Å². The highest BCUT2D eigenvalue weighted by Gasteiger charge is 2.18. The van der Waals surface area contributed by atoms with E-state index in [1.165, 1.54) is 17.0 Å². The molecule has 0 unspecified atom stereocenters. The Balaban J connectivity index is 1.68. The van der Waals surface area contributed by atoms with E-state index in [4.69, 9.17) is 4.74 Å². The van der Waals surface area contributed by atoms with Gasteiger partial charge < -0.3 is 4.74 Å². The number of fused-ring (bicyclic) bond motifs is 1. The third kappa shape index (κ3) is 5.52. The number of hydrogen-bond acceptors (Lipinski definition) is 6. The van der Waals surface area contributed by atoms with Gasteiger partial charge in [-0.3, -0.25) is 14.9 Å². The summed E-state index contributed by atoms with van der Waals surface area (Å²) in [5.41, 5.74) is 2.60. The van der Waals surface area contributed by atoms with Gasteiger partial charge in [0.15, 0.2) is 5.75 Å². The molecule has 0 amide bonds. The van der Waals surface area contributed by atoms with Crippen LogP contribution in [-0.4, -0.2) is 20.8 Å². The fraction of sp³-hybridized carbons (Fsp3) is 0.222. The van der Waals surface area contributed by atoms with Crippen molar-refractivity contribution in [3.05, 3.63) is 108 Å². The van der Waals surface area contributed by atoms with Crippen molar-refractivity contribution in [1.29, 1.82) is 0 Å². The Morgan fingerprint density at radius 2 is 1.92 bits per heavy atom. The molecule has 36 heavy (non-hydrogen) atoms. The molecule has 9 heteroatoms. The van der Waals surface area contributed by atoms with E-state index in [0.717, 1.165) is 22.0 Å². The van der Waals surface area contributed by atoms with Gasteiger partial charge in [-0.15, -0.1) is 0 Å². The largest absolute Gasteiger partial charge is 0.482 e. The highest BCUT2D eigenvalue weighted by molar-refractivity contribution is 9.10. The van der Waals surface area contributed by atoms with Crippen LogP contribution in [0.25, 0.3) is 10.9 Å². The number of benzene rings is 3. The zero-order chi connectivity index (χ0) is 25.8. The Hall–Kier alpha value is -3.85. The first-order valence-electron chi connectivity index (χ1n) is 11.5. The Labute approximate surface area is 216 Å². The molecule has 0 saturated heterocycles. The first-order chi connectivity index (χ1) is 17.3. The zero-order valence-electron chi connectivity index (χ0n) is 20.1. The van der Waals surface area contributed by atoms with Crippen molar-refractivity contribution in [2.75, 3.05) is 0 Å². The van der Waals surface area contributed by atoms with Gasteiger partial charge in [0.25, 0.3) is 5.56 Å². The number of rotatable bonds is 8. The minimum atomic E-state index is -0.492. The molecule has 0 radical (unpaired) electrons. The SMILES string of the molecule is CC[C@H](C)c1nc2ccc(Br)cc2c(=O)n1N=Cc1ccc(OCc2ccc(C)cc2)c([N+](=O)[O-])c1. The van der Waals surface area contributed by atoms with Crippen molar-refractivity contribution in [2.45, 2.75) is 39.7 Å². The molecule has 0 bridgehead atoms. The molecule has 1 heterocycles. The van der Waals surface area contributed by atoms with Crippen molar-refractivity contribution in [2.24, 2.45) is 5.10 Å².